The van der Waals surface area contributed by atoms with E-state index >= 15 is 0 Å². The number of hydrogen-bond acceptors (Lipinski definition) is 4. The Morgan fingerprint density at radius 3 is 3.14 bits per heavy atom. The zero-order valence-electron chi connectivity index (χ0n) is 12.0. The molecule has 112 valence electrons. The van der Waals surface area contributed by atoms with Gasteiger partial charge in [0.05, 0.1) is 18.4 Å². The van der Waals surface area contributed by atoms with E-state index < -0.39 is 0 Å². The van der Waals surface area contributed by atoms with Gasteiger partial charge in [-0.15, -0.1) is 0 Å². The van der Waals surface area contributed by atoms with Gasteiger partial charge < -0.3 is 14.4 Å². The van der Waals surface area contributed by atoms with Gasteiger partial charge in [0.15, 0.2) is 0 Å². The number of hydrogen-bond donors (Lipinski definition) is 0. The summed E-state index contributed by atoms with van der Waals surface area (Å²) in [4.78, 5) is 18.2. The third kappa shape index (κ3) is 2.62. The summed E-state index contributed by atoms with van der Waals surface area (Å²) in [5.74, 6) is 1.41. The predicted molar refractivity (Wildman–Crippen MR) is 75.9 cm³/mol. The van der Waals surface area contributed by atoms with Crippen LogP contribution in [0, 0.1) is 5.92 Å². The predicted octanol–water partition coefficient (Wildman–Crippen LogP) is 1.63. The van der Waals surface area contributed by atoms with Gasteiger partial charge in [0.1, 0.15) is 11.9 Å². The summed E-state index contributed by atoms with van der Waals surface area (Å²) >= 11 is 0. The third-order valence-electron chi connectivity index (χ3n) is 4.67. The van der Waals surface area contributed by atoms with Crippen LogP contribution in [0.1, 0.15) is 25.7 Å². The number of likely N-dealkylation sites (tertiary alicyclic amines) is 1. The zero-order valence-corrected chi connectivity index (χ0v) is 12.0. The van der Waals surface area contributed by atoms with Crippen LogP contribution in [-0.2, 0) is 9.53 Å². The van der Waals surface area contributed by atoms with Crippen LogP contribution in [-0.4, -0.2) is 47.2 Å². The largest absolute Gasteiger partial charge is 0.486 e. The van der Waals surface area contributed by atoms with Crippen molar-refractivity contribution >= 4 is 5.91 Å². The van der Waals surface area contributed by atoms with E-state index in [0.717, 1.165) is 44.5 Å². The second kappa shape index (κ2) is 4.98. The molecule has 0 N–H and O–H groups in total. The highest BCUT2D eigenvalue weighted by Gasteiger charge is 2.49. The number of ether oxygens (including phenoxy) is 2. The molecule has 0 bridgehead atoms. The molecule has 3 aliphatic rings. The minimum absolute atomic E-state index is 0.0603. The van der Waals surface area contributed by atoms with Crippen molar-refractivity contribution in [3.63, 3.8) is 0 Å². The minimum Gasteiger partial charge on any atom is -0.486 e. The van der Waals surface area contributed by atoms with Gasteiger partial charge in [-0.2, -0.15) is 0 Å². The second-order valence-corrected chi connectivity index (χ2v) is 6.41. The fourth-order valence-electron chi connectivity index (χ4n) is 3.39. The molecule has 5 heteroatoms. The quantitative estimate of drug-likeness (QED) is 0.848. The van der Waals surface area contributed by atoms with E-state index in [4.69, 9.17) is 9.47 Å². The van der Waals surface area contributed by atoms with Crippen LogP contribution in [0.2, 0.25) is 0 Å². The van der Waals surface area contributed by atoms with Crippen LogP contribution in [0.15, 0.2) is 24.5 Å². The van der Waals surface area contributed by atoms with Crippen molar-refractivity contribution in [2.75, 3.05) is 19.7 Å². The molecular formula is C16H20N2O3. The lowest BCUT2D eigenvalue weighted by molar-refractivity contribution is -0.132. The number of rotatable bonds is 3. The van der Waals surface area contributed by atoms with Crippen molar-refractivity contribution in [3.05, 3.63) is 24.5 Å². The molecule has 2 saturated heterocycles. The average molecular weight is 288 g/mol. The lowest BCUT2D eigenvalue weighted by atomic mass is 9.98. The van der Waals surface area contributed by atoms with Crippen LogP contribution in [0.3, 0.4) is 0 Å². The number of carbonyl (C=O) groups is 1. The molecule has 0 unspecified atom stereocenters. The Bertz CT molecular complexity index is 532. The van der Waals surface area contributed by atoms with Crippen molar-refractivity contribution in [2.45, 2.75) is 37.4 Å². The van der Waals surface area contributed by atoms with Crippen LogP contribution in [0.4, 0.5) is 0 Å². The number of amides is 1. The first-order chi connectivity index (χ1) is 10.2. The first kappa shape index (κ1) is 13.1. The molecule has 1 spiro atoms. The topological polar surface area (TPSA) is 51.7 Å². The summed E-state index contributed by atoms with van der Waals surface area (Å²) in [6.07, 6.45) is 7.44. The molecule has 1 amide bonds. The van der Waals surface area contributed by atoms with E-state index in [1.165, 1.54) is 0 Å². The van der Waals surface area contributed by atoms with Gasteiger partial charge in [0.25, 0.3) is 0 Å². The van der Waals surface area contributed by atoms with Crippen molar-refractivity contribution in [3.8, 4) is 5.75 Å². The highest BCUT2D eigenvalue weighted by molar-refractivity contribution is 5.81. The maximum absolute atomic E-state index is 12.2. The van der Waals surface area contributed by atoms with E-state index in [0.29, 0.717) is 18.4 Å². The van der Waals surface area contributed by atoms with Gasteiger partial charge >= 0.3 is 0 Å². The highest BCUT2D eigenvalue weighted by atomic mass is 16.6. The second-order valence-electron chi connectivity index (χ2n) is 6.41. The number of nitrogens with zero attached hydrogens (tertiary/aromatic N) is 2. The molecule has 1 aromatic rings. The fraction of sp³-hybridized carbons (Fsp3) is 0.625. The fourth-order valence-corrected chi connectivity index (χ4v) is 3.39. The highest BCUT2D eigenvalue weighted by Crippen LogP contribution is 2.39. The Labute approximate surface area is 124 Å². The van der Waals surface area contributed by atoms with Gasteiger partial charge in [-0.1, -0.05) is 0 Å². The molecule has 2 aliphatic heterocycles. The summed E-state index contributed by atoms with van der Waals surface area (Å²) in [6.45, 7) is 2.16. The molecule has 0 radical (unpaired) electrons. The summed E-state index contributed by atoms with van der Waals surface area (Å²) in [7, 11) is 0. The summed E-state index contributed by atoms with van der Waals surface area (Å²) in [6, 6.07) is 3.78. The lowest BCUT2D eigenvalue weighted by Crippen LogP contribution is -2.36. The lowest BCUT2D eigenvalue weighted by Gasteiger charge is -2.23. The van der Waals surface area contributed by atoms with E-state index in [9.17, 15) is 4.79 Å². The summed E-state index contributed by atoms with van der Waals surface area (Å²) < 4.78 is 12.0. The summed E-state index contributed by atoms with van der Waals surface area (Å²) in [5.41, 5.74) is -0.183. The van der Waals surface area contributed by atoms with E-state index in [1.807, 2.05) is 17.0 Å². The molecule has 1 saturated carbocycles. The van der Waals surface area contributed by atoms with Gasteiger partial charge in [-0.25, -0.2) is 0 Å². The number of aromatic nitrogens is 1. The Balaban J connectivity index is 1.36. The van der Waals surface area contributed by atoms with Gasteiger partial charge in [-0.05, 0) is 31.4 Å². The van der Waals surface area contributed by atoms with Crippen molar-refractivity contribution in [1.82, 2.24) is 9.88 Å². The van der Waals surface area contributed by atoms with Crippen LogP contribution in [0.25, 0.3) is 0 Å². The van der Waals surface area contributed by atoms with Crippen LogP contribution in [0.5, 0.6) is 5.75 Å². The van der Waals surface area contributed by atoms with Crippen molar-refractivity contribution < 1.29 is 14.3 Å². The molecule has 1 aromatic heterocycles. The van der Waals surface area contributed by atoms with Crippen molar-refractivity contribution in [2.24, 2.45) is 5.92 Å². The van der Waals surface area contributed by atoms with E-state index in [-0.39, 0.29) is 11.7 Å². The van der Waals surface area contributed by atoms with E-state index in [2.05, 4.69) is 4.98 Å². The monoisotopic (exact) mass is 288 g/mol. The summed E-state index contributed by atoms with van der Waals surface area (Å²) in [5, 5.41) is 0. The van der Waals surface area contributed by atoms with Gasteiger partial charge in [0, 0.05) is 31.6 Å². The molecular weight excluding hydrogens is 268 g/mol. The van der Waals surface area contributed by atoms with Gasteiger partial charge in [-0.3, -0.25) is 9.78 Å². The third-order valence-corrected chi connectivity index (χ3v) is 4.67. The first-order valence-corrected chi connectivity index (χ1v) is 7.74. The SMILES string of the molecule is O=C(C1CC1)N1CC[C@@]2(C[C@H](Oc3cccnc3)CO2)C1. The Morgan fingerprint density at radius 2 is 2.38 bits per heavy atom. The molecule has 0 aromatic carbocycles. The van der Waals surface area contributed by atoms with Crippen LogP contribution < -0.4 is 4.74 Å². The normalized spacial score (nSPS) is 31.8. The minimum atomic E-state index is -0.183. The Hall–Kier alpha value is -1.62. The van der Waals surface area contributed by atoms with Gasteiger partial charge in [0.2, 0.25) is 5.91 Å². The smallest absolute Gasteiger partial charge is 0.225 e. The molecule has 4 rings (SSSR count). The molecule has 3 fully saturated rings. The zero-order chi connectivity index (χ0) is 14.3. The van der Waals surface area contributed by atoms with E-state index in [1.54, 1.807) is 12.4 Å². The molecule has 1 aliphatic carbocycles. The molecule has 2 atom stereocenters. The maximum atomic E-state index is 12.2. The molecule has 21 heavy (non-hydrogen) atoms. The first-order valence-electron chi connectivity index (χ1n) is 7.74. The molecule has 3 heterocycles. The standard InChI is InChI=1S/C16H20N2O3/c19-15(12-3-4-12)18-7-5-16(11-18)8-14(10-20-16)21-13-2-1-6-17-9-13/h1-2,6,9,12,14H,3-5,7-8,10-11H2/t14-,16+/m0/s1. The average Bonchev–Trinajstić information content (AvgIpc) is 3.17. The molecule has 5 nitrogen and oxygen atoms in total. The number of pyridine rings is 1. The van der Waals surface area contributed by atoms with Crippen LogP contribution >= 0.6 is 0 Å². The van der Waals surface area contributed by atoms with Crippen molar-refractivity contribution in [1.29, 1.82) is 0 Å². The Kier molecular flexibility index (Phi) is 3.10. The Morgan fingerprint density at radius 1 is 1.48 bits per heavy atom. The maximum Gasteiger partial charge on any atom is 0.225 e. The number of carbonyl (C=O) groups excluding carboxylic acids is 1.